The summed E-state index contributed by atoms with van der Waals surface area (Å²) in [5.74, 6) is 0.528. The molecule has 1 spiro atoms. The van der Waals surface area contributed by atoms with Gasteiger partial charge in [-0.15, -0.1) is 0 Å². The predicted octanol–water partition coefficient (Wildman–Crippen LogP) is -0.906. The Morgan fingerprint density at radius 2 is 1.09 bits per heavy atom. The van der Waals surface area contributed by atoms with Crippen molar-refractivity contribution in [3.05, 3.63) is 12.2 Å². The molecule has 29 atom stereocenters. The SMILES string of the molecule is C[C@H]1O[C@@H](O[C@H]2CC[C@@]3(C)[C@H](CC[C@]4(C)[C@@H]3C=C[C@]35OC[C@@]6(CCC(C)(C)C[C@H]63)CC[C@]54C)[C@]2(C)CO)[C@H](O[C@@H]2O[C@H](CO)[C@@H](O)[C@H](O)[C@H]2O)[C@@H](O[C@@H]2O[C@H](CO)[C@@H](O[C@@H]3O[C@H](CO)[C@H](O)[C@H]3O)[C@H](O)[C@H]2O)[C@H]1O. The molecule has 4 saturated carbocycles. The zero-order valence-electron chi connectivity index (χ0n) is 43.9. The first-order chi connectivity index (χ1) is 34.8. The highest BCUT2D eigenvalue weighted by Crippen LogP contribution is 2.79. The second kappa shape index (κ2) is 19.9. The summed E-state index contributed by atoms with van der Waals surface area (Å²) in [7, 11) is 0. The van der Waals surface area contributed by atoms with E-state index in [9.17, 15) is 61.3 Å². The molecule has 0 unspecified atom stereocenters. The normalized spacial score (nSPS) is 57.8. The molecule has 9 fully saturated rings. The average Bonchev–Trinajstić information content (AvgIpc) is 3.78. The summed E-state index contributed by atoms with van der Waals surface area (Å²) in [5, 5.41) is 131. The minimum atomic E-state index is -1.99. The van der Waals surface area contributed by atoms with Crippen molar-refractivity contribution >= 4 is 0 Å². The van der Waals surface area contributed by atoms with Crippen LogP contribution in [0.3, 0.4) is 0 Å². The molecule has 21 nitrogen and oxygen atoms in total. The molecule has 0 aromatic rings. The van der Waals surface area contributed by atoms with Crippen LogP contribution in [-0.4, -0.2) is 223 Å². The molecule has 21 heteroatoms. The summed E-state index contributed by atoms with van der Waals surface area (Å²) >= 11 is 0. The molecule has 424 valence electrons. The van der Waals surface area contributed by atoms with Crippen LogP contribution in [0.2, 0.25) is 0 Å². The molecule has 0 aromatic carbocycles. The third-order valence-electron chi connectivity index (χ3n) is 21.8. The van der Waals surface area contributed by atoms with Crippen LogP contribution in [0.4, 0.5) is 0 Å². The summed E-state index contributed by atoms with van der Waals surface area (Å²) in [4.78, 5) is 0. The first-order valence-corrected chi connectivity index (χ1v) is 27.3. The molecule has 74 heavy (non-hydrogen) atoms. The number of allylic oxidation sites excluding steroid dienone is 1. The molecule has 0 aromatic heterocycles. The molecule has 10 aliphatic rings. The smallest absolute Gasteiger partial charge is 0.187 e. The second-order valence-electron chi connectivity index (χ2n) is 26.0. The van der Waals surface area contributed by atoms with E-state index < -0.39 is 148 Å². The largest absolute Gasteiger partial charge is 0.396 e. The summed E-state index contributed by atoms with van der Waals surface area (Å²) in [6, 6.07) is 0. The third-order valence-corrected chi connectivity index (χ3v) is 21.8. The van der Waals surface area contributed by atoms with Crippen molar-refractivity contribution in [1.82, 2.24) is 0 Å². The lowest BCUT2D eigenvalue weighted by Gasteiger charge is -2.73. The van der Waals surface area contributed by atoms with E-state index in [0.717, 1.165) is 38.7 Å². The Morgan fingerprint density at radius 1 is 0.527 bits per heavy atom. The van der Waals surface area contributed by atoms with Crippen molar-refractivity contribution in [2.24, 2.45) is 50.2 Å². The van der Waals surface area contributed by atoms with Crippen LogP contribution < -0.4 is 0 Å². The van der Waals surface area contributed by atoms with Gasteiger partial charge in [-0.1, -0.05) is 53.7 Å². The maximum absolute atomic E-state index is 11.9. The van der Waals surface area contributed by atoms with Gasteiger partial charge in [-0.05, 0) is 98.2 Å². The summed E-state index contributed by atoms with van der Waals surface area (Å²) in [6.07, 6.45) is -18.2. The van der Waals surface area contributed by atoms with Gasteiger partial charge in [0.1, 0.15) is 85.5 Å². The fraction of sp³-hybridized carbons (Fsp3) is 0.962. The minimum Gasteiger partial charge on any atom is -0.396 e. The maximum atomic E-state index is 11.9. The third kappa shape index (κ3) is 8.33. The van der Waals surface area contributed by atoms with Gasteiger partial charge in [-0.2, -0.15) is 0 Å². The maximum Gasteiger partial charge on any atom is 0.187 e. The molecule has 12 N–H and O–H groups in total. The first-order valence-electron chi connectivity index (χ1n) is 27.3. The van der Waals surface area contributed by atoms with Crippen LogP contribution in [0, 0.1) is 50.2 Å². The van der Waals surface area contributed by atoms with Crippen molar-refractivity contribution < 1.29 is 104 Å². The van der Waals surface area contributed by atoms with E-state index in [2.05, 4.69) is 46.8 Å². The highest BCUT2D eigenvalue weighted by molar-refractivity contribution is 5.35. The van der Waals surface area contributed by atoms with Crippen LogP contribution in [0.5, 0.6) is 0 Å². The molecule has 0 amide bonds. The Balaban J connectivity index is 0.933. The van der Waals surface area contributed by atoms with Gasteiger partial charge in [0.2, 0.25) is 0 Å². The van der Waals surface area contributed by atoms with E-state index in [-0.39, 0.29) is 51.1 Å². The van der Waals surface area contributed by atoms with Crippen molar-refractivity contribution in [3.63, 3.8) is 0 Å². The second-order valence-corrected chi connectivity index (χ2v) is 26.0. The van der Waals surface area contributed by atoms with E-state index in [0.29, 0.717) is 18.8 Å². The number of rotatable bonds is 12. The molecule has 5 aliphatic carbocycles. The Kier molecular flexibility index (Phi) is 15.1. The van der Waals surface area contributed by atoms with Crippen LogP contribution >= 0.6 is 0 Å². The Bertz CT molecular complexity index is 2030. The standard InChI is InChI=1S/C53H86O21/c1-24-32(58)41(73-45-39(65)36(62)40(27(21-56)70-45)72-43-37(63)34(60)26(20-55)69-43)42(74-44-38(64)35(61)33(59)25(19-54)68-44)46(67-24)71-31-10-11-48(4)28(49(31,5)22-57)8-12-50(6)29(48)9-13-53-30-18-47(2,3)14-16-52(30,23-66-53)17-15-51(50,53)7/h9,13,24-46,54-65H,8,10-12,14-23H2,1-7H3/t24-,25-,26-,27-,28+,29-,30-,31+,32+,33-,34+,35+,36-,37-,38-,39-,40-,41+,42-,43+,44+,45+,46+,48+,49+,50-,51+,52-,53+/m1/s1. The van der Waals surface area contributed by atoms with E-state index in [1.807, 2.05) is 6.92 Å². The lowest BCUT2D eigenvalue weighted by Crippen LogP contribution is -2.71. The van der Waals surface area contributed by atoms with Gasteiger partial charge in [-0.3, -0.25) is 0 Å². The Labute approximate surface area is 433 Å². The van der Waals surface area contributed by atoms with Crippen LogP contribution in [-0.2, 0) is 42.6 Å². The van der Waals surface area contributed by atoms with Crippen LogP contribution in [0.15, 0.2) is 12.2 Å². The molecular weight excluding hydrogens is 973 g/mol. The molecule has 2 bridgehead atoms. The van der Waals surface area contributed by atoms with Crippen molar-refractivity contribution in [3.8, 4) is 0 Å². The monoisotopic (exact) mass is 1060 g/mol. The number of aliphatic hydroxyl groups is 12. The first kappa shape index (κ1) is 56.2. The van der Waals surface area contributed by atoms with Crippen molar-refractivity contribution in [2.75, 3.05) is 33.0 Å². The lowest BCUT2D eigenvalue weighted by atomic mass is 9.32. The molecule has 5 aliphatic heterocycles. The van der Waals surface area contributed by atoms with Gasteiger partial charge in [-0.25, -0.2) is 0 Å². The number of aliphatic hydroxyl groups excluding tert-OH is 12. The minimum absolute atomic E-state index is 0.0604. The number of ether oxygens (including phenoxy) is 9. The van der Waals surface area contributed by atoms with E-state index in [1.54, 1.807) is 6.92 Å². The zero-order chi connectivity index (χ0) is 53.5. The van der Waals surface area contributed by atoms with Gasteiger partial charge in [0.15, 0.2) is 25.2 Å². The fourth-order valence-corrected chi connectivity index (χ4v) is 17.0. The Hall–Kier alpha value is -1.10. The molecule has 5 saturated heterocycles. The molecule has 5 heterocycles. The fourth-order valence-electron chi connectivity index (χ4n) is 17.0. The van der Waals surface area contributed by atoms with Crippen molar-refractivity contribution in [2.45, 2.75) is 235 Å². The average molecular weight is 1060 g/mol. The predicted molar refractivity (Wildman–Crippen MR) is 255 cm³/mol. The van der Waals surface area contributed by atoms with Gasteiger partial charge in [0.25, 0.3) is 0 Å². The van der Waals surface area contributed by atoms with E-state index in [4.69, 9.17) is 42.6 Å². The summed E-state index contributed by atoms with van der Waals surface area (Å²) in [5.41, 5.74) is -1.36. The lowest BCUT2D eigenvalue weighted by molar-refractivity contribution is -0.400. The van der Waals surface area contributed by atoms with E-state index in [1.165, 1.54) is 12.8 Å². The zero-order valence-corrected chi connectivity index (χ0v) is 43.9. The Morgan fingerprint density at radius 3 is 1.73 bits per heavy atom. The van der Waals surface area contributed by atoms with Gasteiger partial charge < -0.3 is 104 Å². The number of fused-ring (bicyclic) bond motifs is 4. The van der Waals surface area contributed by atoms with Gasteiger partial charge in [0, 0.05) is 16.7 Å². The topological polar surface area (TPSA) is 326 Å². The molecular formula is C53H86O21. The number of hydrogen-bond acceptors (Lipinski definition) is 21. The molecule has 10 rings (SSSR count). The summed E-state index contributed by atoms with van der Waals surface area (Å²) < 4.78 is 56.4. The highest BCUT2D eigenvalue weighted by Gasteiger charge is 2.77. The number of hydrogen-bond donors (Lipinski definition) is 12. The van der Waals surface area contributed by atoms with Crippen LogP contribution in [0.1, 0.15) is 106 Å². The summed E-state index contributed by atoms with van der Waals surface area (Å²) in [6.45, 7) is 14.0. The molecule has 0 radical (unpaired) electrons. The van der Waals surface area contributed by atoms with Crippen molar-refractivity contribution in [1.29, 1.82) is 0 Å². The highest BCUT2D eigenvalue weighted by atomic mass is 16.8. The van der Waals surface area contributed by atoms with Gasteiger partial charge in [0.05, 0.1) is 50.8 Å². The van der Waals surface area contributed by atoms with E-state index >= 15 is 0 Å². The quantitative estimate of drug-likeness (QED) is 0.0832. The van der Waals surface area contributed by atoms with Gasteiger partial charge >= 0.3 is 0 Å². The van der Waals surface area contributed by atoms with Crippen LogP contribution in [0.25, 0.3) is 0 Å².